The minimum atomic E-state index is 0.193. The van der Waals surface area contributed by atoms with Crippen LogP contribution in [0.3, 0.4) is 0 Å². The normalized spacial score (nSPS) is 11.1. The molecule has 0 aromatic heterocycles. The molecule has 0 spiro atoms. The summed E-state index contributed by atoms with van der Waals surface area (Å²) in [7, 11) is 0. The monoisotopic (exact) mass is 188 g/mol. The van der Waals surface area contributed by atoms with Crippen molar-refractivity contribution < 1.29 is 0 Å². The maximum atomic E-state index is 10.1. The average Bonchev–Trinajstić information content (AvgIpc) is 2.18. The number of aliphatic imine (C=N–C) groups is 1. The van der Waals surface area contributed by atoms with E-state index in [0.717, 1.165) is 11.1 Å². The third kappa shape index (κ3) is 2.36. The quantitative estimate of drug-likeness (QED) is 0.399. The van der Waals surface area contributed by atoms with Gasteiger partial charge in [-0.3, -0.25) is 0 Å². The van der Waals surface area contributed by atoms with Gasteiger partial charge in [-0.1, -0.05) is 30.8 Å². The van der Waals surface area contributed by atoms with E-state index in [2.05, 4.69) is 16.7 Å². The number of hydrogen-bond donors (Lipinski definition) is 0. The highest BCUT2D eigenvalue weighted by atomic mass is 16.3. The Bertz CT molecular complexity index is 394. The van der Waals surface area contributed by atoms with E-state index in [1.54, 1.807) is 6.92 Å². The van der Waals surface area contributed by atoms with Gasteiger partial charge >= 0.3 is 0 Å². The van der Waals surface area contributed by atoms with Crippen LogP contribution in [0.5, 0.6) is 0 Å². The van der Waals surface area contributed by atoms with E-state index >= 15 is 0 Å². The van der Waals surface area contributed by atoms with Crippen molar-refractivity contribution in [2.75, 3.05) is 0 Å². The van der Waals surface area contributed by atoms with Crippen molar-refractivity contribution in [3.63, 3.8) is 0 Å². The van der Waals surface area contributed by atoms with Crippen LogP contribution in [0.2, 0.25) is 0 Å². The SMILES string of the molecule is C=C(N=C(C)N=O)c1ccccc1C. The van der Waals surface area contributed by atoms with Gasteiger partial charge in [0.1, 0.15) is 0 Å². The summed E-state index contributed by atoms with van der Waals surface area (Å²) < 4.78 is 0. The van der Waals surface area contributed by atoms with Gasteiger partial charge in [-0.15, -0.1) is 4.91 Å². The molecule has 1 rings (SSSR count). The number of amidine groups is 1. The molecule has 0 N–H and O–H groups in total. The molecule has 14 heavy (non-hydrogen) atoms. The summed E-state index contributed by atoms with van der Waals surface area (Å²) in [5.74, 6) is 0.193. The average molecular weight is 188 g/mol. The van der Waals surface area contributed by atoms with Crippen molar-refractivity contribution in [3.8, 4) is 0 Å². The Kier molecular flexibility index (Phi) is 3.29. The van der Waals surface area contributed by atoms with Gasteiger partial charge in [-0.25, -0.2) is 4.99 Å². The Morgan fingerprint density at radius 1 is 1.36 bits per heavy atom. The summed E-state index contributed by atoms with van der Waals surface area (Å²) in [6.07, 6.45) is 0. The smallest absolute Gasteiger partial charge is 0.170 e. The summed E-state index contributed by atoms with van der Waals surface area (Å²) in [6.45, 7) is 7.31. The Labute approximate surface area is 83.2 Å². The van der Waals surface area contributed by atoms with Crippen molar-refractivity contribution in [1.82, 2.24) is 0 Å². The fourth-order valence-corrected chi connectivity index (χ4v) is 1.17. The van der Waals surface area contributed by atoms with Crippen LogP contribution in [0.15, 0.2) is 41.0 Å². The number of nitroso groups, excluding NO2 is 1. The van der Waals surface area contributed by atoms with Gasteiger partial charge in [0.25, 0.3) is 0 Å². The first-order chi connectivity index (χ1) is 6.65. The summed E-state index contributed by atoms with van der Waals surface area (Å²) >= 11 is 0. The molecule has 3 nitrogen and oxygen atoms in total. The van der Waals surface area contributed by atoms with Crippen LogP contribution in [-0.4, -0.2) is 5.84 Å². The van der Waals surface area contributed by atoms with E-state index in [1.807, 2.05) is 31.2 Å². The molecule has 0 bridgehead atoms. The fourth-order valence-electron chi connectivity index (χ4n) is 1.17. The summed E-state index contributed by atoms with van der Waals surface area (Å²) in [5.41, 5.74) is 2.59. The minimum Gasteiger partial charge on any atom is -0.230 e. The second kappa shape index (κ2) is 4.46. The Morgan fingerprint density at radius 3 is 2.57 bits per heavy atom. The lowest BCUT2D eigenvalue weighted by molar-refractivity contribution is 1.38. The number of benzene rings is 1. The minimum absolute atomic E-state index is 0.193. The van der Waals surface area contributed by atoms with Crippen molar-refractivity contribution in [2.24, 2.45) is 10.2 Å². The highest BCUT2D eigenvalue weighted by molar-refractivity contribution is 5.86. The second-order valence-corrected chi connectivity index (χ2v) is 3.01. The predicted molar refractivity (Wildman–Crippen MR) is 59.1 cm³/mol. The number of rotatable bonds is 2. The molecule has 72 valence electrons. The van der Waals surface area contributed by atoms with Crippen molar-refractivity contribution >= 4 is 11.5 Å². The Morgan fingerprint density at radius 2 is 2.00 bits per heavy atom. The lowest BCUT2D eigenvalue weighted by Crippen LogP contribution is -1.88. The fraction of sp³-hybridized carbons (Fsp3) is 0.182. The highest BCUT2D eigenvalue weighted by Gasteiger charge is 2.00. The van der Waals surface area contributed by atoms with Gasteiger partial charge in [0.15, 0.2) is 5.84 Å². The lowest BCUT2D eigenvalue weighted by Gasteiger charge is -2.03. The Hall–Kier alpha value is -1.77. The number of nitrogens with zero attached hydrogens (tertiary/aromatic N) is 2. The number of hydrogen-bond acceptors (Lipinski definition) is 2. The van der Waals surface area contributed by atoms with E-state index in [1.165, 1.54) is 0 Å². The second-order valence-electron chi connectivity index (χ2n) is 3.01. The van der Waals surface area contributed by atoms with Crippen LogP contribution in [0, 0.1) is 11.8 Å². The molecule has 0 aliphatic carbocycles. The first kappa shape index (κ1) is 10.3. The first-order valence-corrected chi connectivity index (χ1v) is 4.28. The van der Waals surface area contributed by atoms with Crippen LogP contribution < -0.4 is 0 Å². The van der Waals surface area contributed by atoms with Gasteiger partial charge in [-0.2, -0.15) is 0 Å². The Balaban J connectivity index is 3.02. The van der Waals surface area contributed by atoms with Crippen LogP contribution in [-0.2, 0) is 0 Å². The van der Waals surface area contributed by atoms with Gasteiger partial charge in [0.05, 0.1) is 5.70 Å². The molecule has 0 saturated carbocycles. The van der Waals surface area contributed by atoms with E-state index in [4.69, 9.17) is 0 Å². The zero-order valence-electron chi connectivity index (χ0n) is 8.32. The summed E-state index contributed by atoms with van der Waals surface area (Å²) in [6, 6.07) is 7.74. The van der Waals surface area contributed by atoms with Crippen LogP contribution in [0.4, 0.5) is 0 Å². The molecular weight excluding hydrogens is 176 g/mol. The first-order valence-electron chi connectivity index (χ1n) is 4.28. The van der Waals surface area contributed by atoms with E-state index in [-0.39, 0.29) is 5.84 Å². The van der Waals surface area contributed by atoms with E-state index in [0.29, 0.717) is 5.70 Å². The molecule has 0 heterocycles. The molecule has 0 saturated heterocycles. The summed E-state index contributed by atoms with van der Waals surface area (Å²) in [4.78, 5) is 14.1. The molecule has 0 unspecified atom stereocenters. The maximum Gasteiger partial charge on any atom is 0.170 e. The highest BCUT2D eigenvalue weighted by Crippen LogP contribution is 2.17. The standard InChI is InChI=1S/C11H12N2O/c1-8-6-4-5-7-11(8)9(2)12-10(3)13-14/h4-7H,2H2,1,3H3. The molecular formula is C11H12N2O. The van der Waals surface area contributed by atoms with Gasteiger partial charge in [-0.05, 0) is 24.6 Å². The molecule has 1 aromatic carbocycles. The van der Waals surface area contributed by atoms with E-state index in [9.17, 15) is 4.91 Å². The van der Waals surface area contributed by atoms with Crippen molar-refractivity contribution in [2.45, 2.75) is 13.8 Å². The molecule has 3 heteroatoms. The van der Waals surface area contributed by atoms with Crippen molar-refractivity contribution in [1.29, 1.82) is 0 Å². The van der Waals surface area contributed by atoms with Crippen LogP contribution >= 0.6 is 0 Å². The third-order valence-corrected chi connectivity index (χ3v) is 1.88. The molecule has 0 fully saturated rings. The van der Waals surface area contributed by atoms with Crippen molar-refractivity contribution in [3.05, 3.63) is 46.9 Å². The third-order valence-electron chi connectivity index (χ3n) is 1.88. The molecule has 1 aromatic rings. The largest absolute Gasteiger partial charge is 0.230 e. The summed E-state index contributed by atoms with van der Waals surface area (Å²) in [5, 5.41) is 2.72. The molecule has 0 atom stereocenters. The molecule has 0 aliphatic heterocycles. The number of aryl methyl sites for hydroxylation is 1. The topological polar surface area (TPSA) is 41.8 Å². The van der Waals surface area contributed by atoms with Gasteiger partial charge in [0.2, 0.25) is 0 Å². The van der Waals surface area contributed by atoms with Crippen LogP contribution in [0.25, 0.3) is 5.70 Å². The maximum absolute atomic E-state index is 10.1. The van der Waals surface area contributed by atoms with Gasteiger partial charge in [0, 0.05) is 5.56 Å². The van der Waals surface area contributed by atoms with Gasteiger partial charge < -0.3 is 0 Å². The van der Waals surface area contributed by atoms with E-state index < -0.39 is 0 Å². The van der Waals surface area contributed by atoms with Crippen LogP contribution in [0.1, 0.15) is 18.1 Å². The molecule has 0 amide bonds. The lowest BCUT2D eigenvalue weighted by atomic mass is 10.1. The zero-order chi connectivity index (χ0) is 10.6. The molecule has 0 radical (unpaired) electrons. The zero-order valence-corrected chi connectivity index (χ0v) is 8.32. The molecule has 0 aliphatic rings. The predicted octanol–water partition coefficient (Wildman–Crippen LogP) is 3.15.